The van der Waals surface area contributed by atoms with Gasteiger partial charge >= 0.3 is 0 Å². The summed E-state index contributed by atoms with van der Waals surface area (Å²) in [6, 6.07) is 6.30. The summed E-state index contributed by atoms with van der Waals surface area (Å²) >= 11 is 11.8. The summed E-state index contributed by atoms with van der Waals surface area (Å²) in [4.78, 5) is 14.4. The molecular weight excluding hydrogens is 309 g/mol. The fraction of sp³-hybridized carbons (Fsp3) is 0.533. The highest BCUT2D eigenvalue weighted by Crippen LogP contribution is 2.25. The molecule has 2 saturated heterocycles. The summed E-state index contributed by atoms with van der Waals surface area (Å²) in [5.41, 5.74) is 0.684. The number of likely N-dealkylation sites (tertiary alicyclic amines) is 1. The van der Waals surface area contributed by atoms with Gasteiger partial charge in [-0.2, -0.15) is 0 Å². The maximum atomic E-state index is 12.1. The molecule has 1 aromatic carbocycles. The first-order chi connectivity index (χ1) is 10.1. The molecule has 2 atom stereocenters. The van der Waals surface area contributed by atoms with E-state index >= 15 is 0 Å². The molecule has 2 fully saturated rings. The monoisotopic (exact) mass is 327 g/mol. The average Bonchev–Trinajstić information content (AvgIpc) is 2.77. The van der Waals surface area contributed by atoms with Crippen LogP contribution < -0.4 is 10.6 Å². The Hall–Kier alpha value is -0.810. The van der Waals surface area contributed by atoms with Crippen molar-refractivity contribution in [3.8, 4) is 0 Å². The molecule has 0 spiro atoms. The number of amides is 1. The zero-order chi connectivity index (χ0) is 14.8. The Morgan fingerprint density at radius 1 is 1.24 bits per heavy atom. The van der Waals surface area contributed by atoms with Gasteiger partial charge in [-0.25, -0.2) is 0 Å². The lowest BCUT2D eigenvalue weighted by Crippen LogP contribution is -2.39. The molecule has 2 heterocycles. The van der Waals surface area contributed by atoms with Gasteiger partial charge in [-0.3, -0.25) is 9.69 Å². The Bertz CT molecular complexity index is 538. The molecule has 0 aliphatic carbocycles. The maximum Gasteiger partial charge on any atom is 0.238 e. The predicted molar refractivity (Wildman–Crippen MR) is 86.1 cm³/mol. The number of hydrogen-bond donors (Lipinski definition) is 2. The van der Waals surface area contributed by atoms with Crippen molar-refractivity contribution in [3.63, 3.8) is 0 Å². The van der Waals surface area contributed by atoms with E-state index in [1.54, 1.807) is 18.2 Å². The van der Waals surface area contributed by atoms with Crippen LogP contribution in [0.25, 0.3) is 0 Å². The molecule has 0 saturated carbocycles. The SMILES string of the molecule is O=C(CN1CCC2CCC(C1)N2)Nc1ccc(Cl)c(Cl)c1. The summed E-state index contributed by atoms with van der Waals surface area (Å²) in [7, 11) is 0. The topological polar surface area (TPSA) is 44.4 Å². The second-order valence-electron chi connectivity index (χ2n) is 5.84. The number of halogens is 2. The zero-order valence-corrected chi connectivity index (χ0v) is 13.3. The standard InChI is InChI=1S/C15H19Cl2N3O/c16-13-4-3-11(7-14(13)17)19-15(21)9-20-6-5-10-1-2-12(8-20)18-10/h3-4,7,10,12,18H,1-2,5-6,8-9H2,(H,19,21). The van der Waals surface area contributed by atoms with Crippen molar-refractivity contribution in [2.45, 2.75) is 31.3 Å². The summed E-state index contributed by atoms with van der Waals surface area (Å²) in [6.45, 7) is 2.35. The second-order valence-corrected chi connectivity index (χ2v) is 6.65. The Kier molecular flexibility index (Phi) is 4.69. The fourth-order valence-electron chi connectivity index (χ4n) is 3.14. The largest absolute Gasteiger partial charge is 0.325 e. The van der Waals surface area contributed by atoms with Crippen molar-refractivity contribution >= 4 is 34.8 Å². The van der Waals surface area contributed by atoms with Crippen molar-refractivity contribution in [3.05, 3.63) is 28.2 Å². The first kappa shape index (κ1) is 15.1. The van der Waals surface area contributed by atoms with Crippen LogP contribution in [0.1, 0.15) is 19.3 Å². The van der Waals surface area contributed by atoms with Crippen molar-refractivity contribution < 1.29 is 4.79 Å². The Balaban J connectivity index is 1.55. The van der Waals surface area contributed by atoms with Gasteiger partial charge in [0.1, 0.15) is 0 Å². The van der Waals surface area contributed by atoms with Gasteiger partial charge in [0.2, 0.25) is 5.91 Å². The van der Waals surface area contributed by atoms with Crippen LogP contribution in [0.2, 0.25) is 10.0 Å². The van der Waals surface area contributed by atoms with Crippen LogP contribution in [0.15, 0.2) is 18.2 Å². The van der Waals surface area contributed by atoms with Crippen LogP contribution in [-0.2, 0) is 4.79 Å². The van der Waals surface area contributed by atoms with E-state index in [0.717, 1.165) is 19.5 Å². The molecule has 21 heavy (non-hydrogen) atoms. The van der Waals surface area contributed by atoms with Crippen LogP contribution >= 0.6 is 23.2 Å². The molecule has 3 rings (SSSR count). The molecule has 2 unspecified atom stereocenters. The lowest BCUT2D eigenvalue weighted by Gasteiger charge is -2.23. The number of carbonyl (C=O) groups excluding carboxylic acids is 1. The predicted octanol–water partition coefficient (Wildman–Crippen LogP) is 2.76. The number of fused-ring (bicyclic) bond motifs is 2. The summed E-state index contributed by atoms with van der Waals surface area (Å²) in [5, 5.41) is 7.43. The third kappa shape index (κ3) is 3.89. The van der Waals surface area contributed by atoms with E-state index in [1.165, 1.54) is 12.8 Å². The van der Waals surface area contributed by atoms with Crippen LogP contribution in [0.5, 0.6) is 0 Å². The number of nitrogens with one attached hydrogen (secondary N) is 2. The first-order valence-electron chi connectivity index (χ1n) is 7.33. The minimum atomic E-state index is -0.00818. The molecular formula is C15H19Cl2N3O. The van der Waals surface area contributed by atoms with Crippen LogP contribution in [0.4, 0.5) is 5.69 Å². The smallest absolute Gasteiger partial charge is 0.238 e. The molecule has 2 aliphatic heterocycles. The third-order valence-corrected chi connectivity index (χ3v) is 4.92. The minimum absolute atomic E-state index is 0.00818. The number of carbonyl (C=O) groups is 1. The van der Waals surface area contributed by atoms with E-state index in [-0.39, 0.29) is 5.91 Å². The fourth-order valence-corrected chi connectivity index (χ4v) is 3.43. The zero-order valence-electron chi connectivity index (χ0n) is 11.7. The molecule has 0 radical (unpaired) electrons. The van der Waals surface area contributed by atoms with Crippen LogP contribution in [-0.4, -0.2) is 42.5 Å². The Morgan fingerprint density at radius 3 is 2.86 bits per heavy atom. The van der Waals surface area contributed by atoms with Gasteiger partial charge in [-0.05, 0) is 37.5 Å². The molecule has 1 amide bonds. The van der Waals surface area contributed by atoms with E-state index in [9.17, 15) is 4.79 Å². The highest BCUT2D eigenvalue weighted by atomic mass is 35.5. The highest BCUT2D eigenvalue weighted by molar-refractivity contribution is 6.42. The molecule has 114 valence electrons. The maximum absolute atomic E-state index is 12.1. The van der Waals surface area contributed by atoms with E-state index in [4.69, 9.17) is 23.2 Å². The molecule has 2 bridgehead atoms. The number of rotatable bonds is 3. The summed E-state index contributed by atoms with van der Waals surface area (Å²) < 4.78 is 0. The third-order valence-electron chi connectivity index (χ3n) is 4.18. The van der Waals surface area contributed by atoms with E-state index in [0.29, 0.717) is 34.4 Å². The van der Waals surface area contributed by atoms with Crippen LogP contribution in [0.3, 0.4) is 0 Å². The molecule has 6 heteroatoms. The number of nitrogens with zero attached hydrogens (tertiary/aromatic N) is 1. The van der Waals surface area contributed by atoms with Gasteiger partial charge < -0.3 is 10.6 Å². The van der Waals surface area contributed by atoms with Gasteiger partial charge in [0.25, 0.3) is 0 Å². The molecule has 2 aliphatic rings. The highest BCUT2D eigenvalue weighted by Gasteiger charge is 2.29. The summed E-state index contributed by atoms with van der Waals surface area (Å²) in [5.74, 6) is -0.00818. The quantitative estimate of drug-likeness (QED) is 0.897. The second kappa shape index (κ2) is 6.53. The number of anilines is 1. The average molecular weight is 328 g/mol. The Morgan fingerprint density at radius 2 is 2.05 bits per heavy atom. The summed E-state index contributed by atoms with van der Waals surface area (Å²) in [6.07, 6.45) is 3.61. The van der Waals surface area contributed by atoms with Crippen molar-refractivity contribution in [2.75, 3.05) is 25.0 Å². The first-order valence-corrected chi connectivity index (χ1v) is 8.09. The van der Waals surface area contributed by atoms with Crippen molar-refractivity contribution in [1.29, 1.82) is 0 Å². The number of benzene rings is 1. The molecule has 0 aromatic heterocycles. The Labute approximate surface area is 134 Å². The van der Waals surface area contributed by atoms with E-state index < -0.39 is 0 Å². The van der Waals surface area contributed by atoms with Gasteiger partial charge in [0.15, 0.2) is 0 Å². The van der Waals surface area contributed by atoms with Crippen molar-refractivity contribution in [2.24, 2.45) is 0 Å². The molecule has 2 N–H and O–H groups in total. The normalized spacial score (nSPS) is 25.6. The number of hydrogen-bond acceptors (Lipinski definition) is 3. The van der Waals surface area contributed by atoms with Gasteiger partial charge in [-0.1, -0.05) is 23.2 Å². The molecule has 4 nitrogen and oxygen atoms in total. The van der Waals surface area contributed by atoms with Gasteiger partial charge in [-0.15, -0.1) is 0 Å². The van der Waals surface area contributed by atoms with Crippen molar-refractivity contribution in [1.82, 2.24) is 10.2 Å². The van der Waals surface area contributed by atoms with E-state index in [2.05, 4.69) is 15.5 Å². The van der Waals surface area contributed by atoms with E-state index in [1.807, 2.05) is 0 Å². The minimum Gasteiger partial charge on any atom is -0.325 e. The van der Waals surface area contributed by atoms with Gasteiger partial charge in [0.05, 0.1) is 16.6 Å². The molecule has 1 aromatic rings. The van der Waals surface area contributed by atoms with Gasteiger partial charge in [0, 0.05) is 30.9 Å². The van der Waals surface area contributed by atoms with Crippen LogP contribution in [0, 0.1) is 0 Å². The lowest BCUT2D eigenvalue weighted by atomic mass is 10.1. The lowest BCUT2D eigenvalue weighted by molar-refractivity contribution is -0.117.